The highest BCUT2D eigenvalue weighted by Crippen LogP contribution is 2.32. The van der Waals surface area contributed by atoms with Crippen LogP contribution in [0.4, 0.5) is 0 Å². The number of aromatic nitrogens is 1. The monoisotopic (exact) mass is 249 g/mol. The topological polar surface area (TPSA) is 92.7 Å². The van der Waals surface area contributed by atoms with Gasteiger partial charge in [-0.2, -0.15) is 0 Å². The van der Waals surface area contributed by atoms with Crippen molar-refractivity contribution in [3.05, 3.63) is 35.3 Å². The SMILES string of the molecule is Cc1c(C(=O)O)c(-c2ccco2)c(C(=O)O)n1C. The molecule has 0 radical (unpaired) electrons. The third kappa shape index (κ3) is 1.58. The van der Waals surface area contributed by atoms with Crippen LogP contribution in [0.5, 0.6) is 0 Å². The molecular weight excluding hydrogens is 238 g/mol. The molecule has 6 heteroatoms. The summed E-state index contributed by atoms with van der Waals surface area (Å²) < 4.78 is 6.47. The smallest absolute Gasteiger partial charge is 0.353 e. The van der Waals surface area contributed by atoms with Crippen LogP contribution in [0.25, 0.3) is 11.3 Å². The lowest BCUT2D eigenvalue weighted by molar-refractivity contribution is 0.0683. The molecule has 18 heavy (non-hydrogen) atoms. The minimum Gasteiger partial charge on any atom is -0.478 e. The van der Waals surface area contributed by atoms with Crippen LogP contribution in [-0.4, -0.2) is 26.7 Å². The minimum atomic E-state index is -1.19. The zero-order valence-electron chi connectivity index (χ0n) is 9.80. The average Bonchev–Trinajstić information content (AvgIpc) is 2.86. The Kier molecular flexibility index (Phi) is 2.70. The van der Waals surface area contributed by atoms with Gasteiger partial charge in [-0.3, -0.25) is 0 Å². The molecule has 2 aromatic heterocycles. The molecule has 0 spiro atoms. The van der Waals surface area contributed by atoms with E-state index in [0.717, 1.165) is 0 Å². The van der Waals surface area contributed by atoms with Gasteiger partial charge in [-0.1, -0.05) is 0 Å². The average molecular weight is 249 g/mol. The van der Waals surface area contributed by atoms with Gasteiger partial charge in [-0.15, -0.1) is 0 Å². The van der Waals surface area contributed by atoms with Crippen LogP contribution in [0.2, 0.25) is 0 Å². The van der Waals surface area contributed by atoms with E-state index in [1.165, 1.54) is 23.9 Å². The summed E-state index contributed by atoms with van der Waals surface area (Å²) in [6, 6.07) is 3.11. The molecule has 2 rings (SSSR count). The van der Waals surface area contributed by atoms with Crippen LogP contribution in [0.3, 0.4) is 0 Å². The number of hydrogen-bond acceptors (Lipinski definition) is 3. The van der Waals surface area contributed by atoms with E-state index in [9.17, 15) is 19.8 Å². The molecule has 0 aliphatic rings. The molecule has 0 aromatic carbocycles. The molecule has 2 heterocycles. The highest BCUT2D eigenvalue weighted by molar-refractivity contribution is 6.05. The van der Waals surface area contributed by atoms with Crippen molar-refractivity contribution in [2.75, 3.05) is 0 Å². The Hall–Kier alpha value is -2.50. The lowest BCUT2D eigenvalue weighted by Crippen LogP contribution is -2.06. The predicted molar refractivity (Wildman–Crippen MR) is 61.8 cm³/mol. The van der Waals surface area contributed by atoms with Crippen molar-refractivity contribution in [3.63, 3.8) is 0 Å². The molecule has 0 unspecified atom stereocenters. The lowest BCUT2D eigenvalue weighted by Gasteiger charge is -2.00. The van der Waals surface area contributed by atoms with Gasteiger partial charge >= 0.3 is 11.9 Å². The first kappa shape index (κ1) is 12.0. The molecule has 0 aliphatic carbocycles. The molecule has 0 saturated carbocycles. The molecule has 94 valence electrons. The minimum absolute atomic E-state index is 0.0511. The first-order chi connectivity index (χ1) is 8.45. The van der Waals surface area contributed by atoms with Crippen molar-refractivity contribution in [2.24, 2.45) is 7.05 Å². The van der Waals surface area contributed by atoms with Gasteiger partial charge in [0.15, 0.2) is 0 Å². The second-order valence-electron chi connectivity index (χ2n) is 3.83. The van der Waals surface area contributed by atoms with Gasteiger partial charge in [0, 0.05) is 12.7 Å². The Morgan fingerprint density at radius 1 is 1.28 bits per heavy atom. The number of carbonyl (C=O) groups is 2. The summed E-state index contributed by atoms with van der Waals surface area (Å²) >= 11 is 0. The normalized spacial score (nSPS) is 10.6. The second-order valence-corrected chi connectivity index (χ2v) is 3.83. The number of nitrogens with zero attached hydrogens (tertiary/aromatic N) is 1. The first-order valence-electron chi connectivity index (χ1n) is 5.15. The van der Waals surface area contributed by atoms with Crippen molar-refractivity contribution in [1.29, 1.82) is 0 Å². The zero-order valence-corrected chi connectivity index (χ0v) is 9.80. The largest absolute Gasteiger partial charge is 0.478 e. The number of rotatable bonds is 3. The van der Waals surface area contributed by atoms with Crippen LogP contribution < -0.4 is 0 Å². The molecule has 2 N–H and O–H groups in total. The van der Waals surface area contributed by atoms with E-state index in [2.05, 4.69) is 0 Å². The van der Waals surface area contributed by atoms with Crippen molar-refractivity contribution < 1.29 is 24.2 Å². The summed E-state index contributed by atoms with van der Waals surface area (Å²) in [6.45, 7) is 1.56. The molecule has 2 aromatic rings. The van der Waals surface area contributed by atoms with E-state index < -0.39 is 11.9 Å². The maximum atomic E-state index is 11.3. The lowest BCUT2D eigenvalue weighted by atomic mass is 10.1. The van der Waals surface area contributed by atoms with Crippen LogP contribution >= 0.6 is 0 Å². The van der Waals surface area contributed by atoms with E-state index in [1.807, 2.05) is 0 Å². The molecule has 0 aliphatic heterocycles. The highest BCUT2D eigenvalue weighted by atomic mass is 16.4. The molecule has 0 atom stereocenters. The van der Waals surface area contributed by atoms with Crippen LogP contribution in [-0.2, 0) is 7.05 Å². The molecule has 0 fully saturated rings. The summed E-state index contributed by atoms with van der Waals surface area (Å²) in [6.07, 6.45) is 1.37. The van der Waals surface area contributed by atoms with Crippen LogP contribution in [0.1, 0.15) is 26.5 Å². The number of furan rings is 1. The zero-order chi connectivity index (χ0) is 13.4. The van der Waals surface area contributed by atoms with Gasteiger partial charge in [-0.05, 0) is 19.1 Å². The van der Waals surface area contributed by atoms with Crippen LogP contribution in [0, 0.1) is 6.92 Å². The van der Waals surface area contributed by atoms with E-state index in [0.29, 0.717) is 5.69 Å². The van der Waals surface area contributed by atoms with Crippen LogP contribution in [0.15, 0.2) is 22.8 Å². The molecule has 0 bridgehead atoms. The molecular formula is C12H11NO5. The fourth-order valence-corrected chi connectivity index (χ4v) is 1.98. The third-order valence-electron chi connectivity index (χ3n) is 2.87. The van der Waals surface area contributed by atoms with Crippen molar-refractivity contribution in [2.45, 2.75) is 6.92 Å². The number of carboxylic acid groups (broad SMARTS) is 2. The Morgan fingerprint density at radius 2 is 1.94 bits per heavy atom. The summed E-state index contributed by atoms with van der Waals surface area (Å²) in [5.41, 5.74) is 0.316. The molecule has 0 amide bonds. The Balaban J connectivity index is 2.87. The van der Waals surface area contributed by atoms with Crippen molar-refractivity contribution in [3.8, 4) is 11.3 Å². The third-order valence-corrected chi connectivity index (χ3v) is 2.87. The van der Waals surface area contributed by atoms with Gasteiger partial charge in [0.1, 0.15) is 11.5 Å². The van der Waals surface area contributed by atoms with E-state index in [-0.39, 0.29) is 22.6 Å². The number of aromatic carboxylic acids is 2. The summed E-state index contributed by atoms with van der Waals surface area (Å²) in [5.74, 6) is -2.14. The predicted octanol–water partition coefficient (Wildman–Crippen LogP) is 1.99. The summed E-state index contributed by atoms with van der Waals surface area (Å²) in [5, 5.41) is 18.4. The summed E-state index contributed by atoms with van der Waals surface area (Å²) in [7, 11) is 1.51. The van der Waals surface area contributed by atoms with Crippen molar-refractivity contribution >= 4 is 11.9 Å². The Bertz CT molecular complexity index is 584. The Labute approximate surface area is 102 Å². The maximum Gasteiger partial charge on any atom is 0.353 e. The van der Waals surface area contributed by atoms with Gasteiger partial charge in [0.05, 0.1) is 17.4 Å². The fraction of sp³-hybridized carbons (Fsp3) is 0.167. The quantitative estimate of drug-likeness (QED) is 0.867. The molecule has 0 saturated heterocycles. The second kappa shape index (κ2) is 4.06. The van der Waals surface area contributed by atoms with Gasteiger partial charge < -0.3 is 19.2 Å². The van der Waals surface area contributed by atoms with Crippen molar-refractivity contribution in [1.82, 2.24) is 4.57 Å². The van der Waals surface area contributed by atoms with Gasteiger partial charge in [0.2, 0.25) is 0 Å². The maximum absolute atomic E-state index is 11.3. The van der Waals surface area contributed by atoms with E-state index in [1.54, 1.807) is 13.0 Å². The van der Waals surface area contributed by atoms with E-state index >= 15 is 0 Å². The van der Waals surface area contributed by atoms with E-state index in [4.69, 9.17) is 4.42 Å². The Morgan fingerprint density at radius 3 is 2.39 bits per heavy atom. The summed E-state index contributed by atoms with van der Waals surface area (Å²) in [4.78, 5) is 22.5. The van der Waals surface area contributed by atoms with Gasteiger partial charge in [0.25, 0.3) is 0 Å². The molecule has 6 nitrogen and oxygen atoms in total. The number of carboxylic acids is 2. The highest BCUT2D eigenvalue weighted by Gasteiger charge is 2.29. The first-order valence-corrected chi connectivity index (χ1v) is 5.15. The fourth-order valence-electron chi connectivity index (χ4n) is 1.98. The number of hydrogen-bond donors (Lipinski definition) is 2. The standard InChI is InChI=1S/C12H11NO5/c1-6-8(11(14)15)9(7-4-3-5-18-7)10(12(16)17)13(6)2/h3-5H,1-2H3,(H,14,15)(H,16,17). The van der Waals surface area contributed by atoms with Gasteiger partial charge in [-0.25, -0.2) is 9.59 Å².